The summed E-state index contributed by atoms with van der Waals surface area (Å²) in [7, 11) is 0. The molecule has 0 aliphatic carbocycles. The van der Waals surface area contributed by atoms with Crippen LogP contribution >= 0.6 is 0 Å². The van der Waals surface area contributed by atoms with Crippen molar-refractivity contribution in [3.8, 4) is 0 Å². The predicted molar refractivity (Wildman–Crippen MR) is 64.1 cm³/mol. The molecule has 2 amide bonds. The van der Waals surface area contributed by atoms with E-state index in [-0.39, 0.29) is 12.0 Å². The van der Waals surface area contributed by atoms with Gasteiger partial charge >= 0.3 is 6.09 Å². The fourth-order valence-corrected chi connectivity index (χ4v) is 1.70. The molecule has 1 aliphatic rings. The first-order valence-electron chi connectivity index (χ1n) is 5.87. The standard InChI is InChI=1S/C12H15N3O3/c16-11(10-3-1-4-13-9-10)14-5-2-6-15-7-8-18-12(15)17/h1,3-4,9H,2,5-8H2,(H,14,16). The van der Waals surface area contributed by atoms with Gasteiger partial charge in [-0.1, -0.05) is 0 Å². The van der Waals surface area contributed by atoms with Crippen molar-refractivity contribution in [3.63, 3.8) is 0 Å². The highest BCUT2D eigenvalue weighted by atomic mass is 16.6. The minimum Gasteiger partial charge on any atom is -0.448 e. The van der Waals surface area contributed by atoms with Crippen LogP contribution in [0, 0.1) is 0 Å². The smallest absolute Gasteiger partial charge is 0.409 e. The number of nitrogens with one attached hydrogen (secondary N) is 1. The van der Waals surface area contributed by atoms with E-state index in [9.17, 15) is 9.59 Å². The van der Waals surface area contributed by atoms with Crippen molar-refractivity contribution in [2.24, 2.45) is 0 Å². The van der Waals surface area contributed by atoms with Crippen molar-refractivity contribution in [3.05, 3.63) is 30.1 Å². The Hall–Kier alpha value is -2.11. The van der Waals surface area contributed by atoms with Crippen molar-refractivity contribution in [1.29, 1.82) is 0 Å². The van der Waals surface area contributed by atoms with E-state index in [1.54, 1.807) is 23.2 Å². The molecular formula is C12H15N3O3. The number of pyridine rings is 1. The lowest BCUT2D eigenvalue weighted by Gasteiger charge is -2.12. The monoisotopic (exact) mass is 249 g/mol. The molecule has 96 valence electrons. The minimum atomic E-state index is -0.270. The number of hydrogen-bond donors (Lipinski definition) is 1. The summed E-state index contributed by atoms with van der Waals surface area (Å²) in [6.45, 7) is 2.22. The highest BCUT2D eigenvalue weighted by Crippen LogP contribution is 2.03. The third-order valence-electron chi connectivity index (χ3n) is 2.66. The minimum absolute atomic E-state index is 0.146. The summed E-state index contributed by atoms with van der Waals surface area (Å²) < 4.78 is 4.80. The molecule has 0 atom stereocenters. The van der Waals surface area contributed by atoms with E-state index in [0.717, 1.165) is 0 Å². The number of ether oxygens (including phenoxy) is 1. The molecule has 0 saturated carbocycles. The van der Waals surface area contributed by atoms with Crippen molar-refractivity contribution in [2.45, 2.75) is 6.42 Å². The molecule has 0 radical (unpaired) electrons. The Balaban J connectivity index is 1.66. The van der Waals surface area contributed by atoms with Crippen LogP contribution in [-0.2, 0) is 4.74 Å². The molecule has 1 aromatic rings. The van der Waals surface area contributed by atoms with Gasteiger partial charge < -0.3 is 15.0 Å². The summed E-state index contributed by atoms with van der Waals surface area (Å²) in [6.07, 6.45) is 3.58. The SMILES string of the molecule is O=C(NCCCN1CCOC1=O)c1cccnc1. The number of aromatic nitrogens is 1. The highest BCUT2D eigenvalue weighted by molar-refractivity contribution is 5.93. The van der Waals surface area contributed by atoms with Gasteiger partial charge in [-0.3, -0.25) is 9.78 Å². The van der Waals surface area contributed by atoms with E-state index in [2.05, 4.69) is 10.3 Å². The zero-order valence-electron chi connectivity index (χ0n) is 9.96. The van der Waals surface area contributed by atoms with Crippen LogP contribution in [0.15, 0.2) is 24.5 Å². The van der Waals surface area contributed by atoms with Crippen molar-refractivity contribution in [2.75, 3.05) is 26.2 Å². The second-order valence-corrected chi connectivity index (χ2v) is 3.95. The predicted octanol–water partition coefficient (Wildman–Crippen LogP) is 0.654. The van der Waals surface area contributed by atoms with E-state index >= 15 is 0 Å². The van der Waals surface area contributed by atoms with Crippen molar-refractivity contribution in [1.82, 2.24) is 15.2 Å². The number of cyclic esters (lactones) is 1. The summed E-state index contributed by atoms with van der Waals surface area (Å²) in [5, 5.41) is 2.78. The molecule has 1 saturated heterocycles. The van der Waals surface area contributed by atoms with Gasteiger partial charge in [0.25, 0.3) is 5.91 Å². The van der Waals surface area contributed by atoms with Crippen molar-refractivity contribution < 1.29 is 14.3 Å². The topological polar surface area (TPSA) is 71.5 Å². The van der Waals surface area contributed by atoms with Gasteiger partial charge in [0.05, 0.1) is 12.1 Å². The maximum atomic E-state index is 11.6. The normalized spacial score (nSPS) is 14.4. The van der Waals surface area contributed by atoms with Gasteiger partial charge in [-0.2, -0.15) is 0 Å². The molecule has 0 aromatic carbocycles. The molecule has 0 bridgehead atoms. The van der Waals surface area contributed by atoms with Crippen LogP contribution in [-0.4, -0.2) is 48.1 Å². The summed E-state index contributed by atoms with van der Waals surface area (Å²) in [6, 6.07) is 3.43. The maximum absolute atomic E-state index is 11.6. The molecule has 0 spiro atoms. The van der Waals surface area contributed by atoms with Crippen LogP contribution in [0.1, 0.15) is 16.8 Å². The van der Waals surface area contributed by atoms with E-state index in [0.29, 0.717) is 38.2 Å². The average Bonchev–Trinajstić information content (AvgIpc) is 2.81. The van der Waals surface area contributed by atoms with E-state index < -0.39 is 0 Å². The fraction of sp³-hybridized carbons (Fsp3) is 0.417. The Morgan fingerprint density at radius 3 is 3.11 bits per heavy atom. The highest BCUT2D eigenvalue weighted by Gasteiger charge is 2.20. The maximum Gasteiger partial charge on any atom is 0.409 e. The number of amides is 2. The fourth-order valence-electron chi connectivity index (χ4n) is 1.70. The van der Waals surface area contributed by atoms with Gasteiger partial charge in [0.2, 0.25) is 0 Å². The molecule has 0 unspecified atom stereocenters. The first kappa shape index (κ1) is 12.3. The molecule has 6 heteroatoms. The number of hydrogen-bond acceptors (Lipinski definition) is 4. The molecular weight excluding hydrogens is 234 g/mol. The zero-order valence-corrected chi connectivity index (χ0v) is 9.96. The lowest BCUT2D eigenvalue weighted by atomic mass is 10.2. The quantitative estimate of drug-likeness (QED) is 0.778. The molecule has 18 heavy (non-hydrogen) atoms. The van der Waals surface area contributed by atoms with Gasteiger partial charge in [0.1, 0.15) is 6.61 Å². The second-order valence-electron chi connectivity index (χ2n) is 3.95. The summed E-state index contributed by atoms with van der Waals surface area (Å²) >= 11 is 0. The summed E-state index contributed by atoms with van der Waals surface area (Å²) in [5.41, 5.74) is 0.540. The summed E-state index contributed by atoms with van der Waals surface area (Å²) in [5.74, 6) is -0.146. The van der Waals surface area contributed by atoms with Gasteiger partial charge in [-0.15, -0.1) is 0 Å². The van der Waals surface area contributed by atoms with Crippen LogP contribution in [0.2, 0.25) is 0 Å². The third kappa shape index (κ3) is 3.19. The molecule has 1 fully saturated rings. The number of carbonyl (C=O) groups is 2. The van der Waals surface area contributed by atoms with Crippen LogP contribution in [0.5, 0.6) is 0 Å². The van der Waals surface area contributed by atoms with E-state index in [4.69, 9.17) is 4.74 Å². The number of rotatable bonds is 5. The van der Waals surface area contributed by atoms with Gasteiger partial charge in [-0.05, 0) is 18.6 Å². The molecule has 1 aliphatic heterocycles. The van der Waals surface area contributed by atoms with E-state index in [1.165, 1.54) is 6.20 Å². The van der Waals surface area contributed by atoms with Gasteiger partial charge in [-0.25, -0.2) is 4.79 Å². The average molecular weight is 249 g/mol. The number of carbonyl (C=O) groups excluding carboxylic acids is 2. The van der Waals surface area contributed by atoms with E-state index in [1.807, 2.05) is 0 Å². The first-order chi connectivity index (χ1) is 8.77. The molecule has 1 aromatic heterocycles. The Kier molecular flexibility index (Phi) is 4.11. The Labute approximate surface area is 105 Å². The molecule has 2 heterocycles. The van der Waals surface area contributed by atoms with Gasteiger partial charge in [0.15, 0.2) is 0 Å². The van der Waals surface area contributed by atoms with Crippen LogP contribution in [0.4, 0.5) is 4.79 Å². The van der Waals surface area contributed by atoms with Crippen LogP contribution < -0.4 is 5.32 Å². The first-order valence-corrected chi connectivity index (χ1v) is 5.87. The van der Waals surface area contributed by atoms with Crippen LogP contribution in [0.3, 0.4) is 0 Å². The molecule has 6 nitrogen and oxygen atoms in total. The third-order valence-corrected chi connectivity index (χ3v) is 2.66. The Morgan fingerprint density at radius 1 is 1.56 bits per heavy atom. The largest absolute Gasteiger partial charge is 0.448 e. The zero-order chi connectivity index (χ0) is 12.8. The van der Waals surface area contributed by atoms with Gasteiger partial charge in [0, 0.05) is 25.5 Å². The lowest BCUT2D eigenvalue weighted by molar-refractivity contribution is 0.0952. The lowest BCUT2D eigenvalue weighted by Crippen LogP contribution is -2.30. The van der Waals surface area contributed by atoms with Crippen LogP contribution in [0.25, 0.3) is 0 Å². The Morgan fingerprint density at radius 2 is 2.44 bits per heavy atom. The molecule has 2 rings (SSSR count). The second kappa shape index (κ2) is 6.00. The number of nitrogens with zero attached hydrogens (tertiary/aromatic N) is 2. The Bertz CT molecular complexity index is 422. The molecule has 1 N–H and O–H groups in total. The van der Waals surface area contributed by atoms with Crippen molar-refractivity contribution >= 4 is 12.0 Å². The summed E-state index contributed by atoms with van der Waals surface area (Å²) in [4.78, 5) is 28.3.